The van der Waals surface area contributed by atoms with Crippen molar-refractivity contribution >= 4 is 17.7 Å². The monoisotopic (exact) mass is 241 g/mol. The molecule has 90 valence electrons. The van der Waals surface area contributed by atoms with Crippen LogP contribution in [0.5, 0.6) is 0 Å². The van der Waals surface area contributed by atoms with Crippen molar-refractivity contribution in [2.45, 2.75) is 24.9 Å². The minimum Gasteiger partial charge on any atom is -0.373 e. The van der Waals surface area contributed by atoms with Crippen LogP contribution in [0.1, 0.15) is 19.3 Å². The second-order valence-corrected chi connectivity index (χ2v) is 5.65. The highest BCUT2D eigenvalue weighted by atomic mass is 32.2. The van der Waals surface area contributed by atoms with E-state index in [-0.39, 0.29) is 11.5 Å². The lowest BCUT2D eigenvalue weighted by Crippen LogP contribution is -2.37. The standard InChI is InChI=1S/C12H19NO2S/c1-2-11(14)13-6-3-12(15-8-7-13)4-9-16-10-5-12/h2H,1,3-10H2. The largest absolute Gasteiger partial charge is 0.373 e. The summed E-state index contributed by atoms with van der Waals surface area (Å²) in [4.78, 5) is 13.4. The predicted molar refractivity (Wildman–Crippen MR) is 66.6 cm³/mol. The third kappa shape index (κ3) is 2.61. The van der Waals surface area contributed by atoms with Crippen LogP contribution in [0.15, 0.2) is 12.7 Å². The highest BCUT2D eigenvalue weighted by Gasteiger charge is 2.35. The molecule has 3 nitrogen and oxygen atoms in total. The van der Waals surface area contributed by atoms with Gasteiger partial charge < -0.3 is 9.64 Å². The molecule has 0 bridgehead atoms. The molecular formula is C12H19NO2S. The summed E-state index contributed by atoms with van der Waals surface area (Å²) in [6.45, 7) is 5.73. The maximum absolute atomic E-state index is 11.5. The lowest BCUT2D eigenvalue weighted by atomic mass is 9.92. The predicted octanol–water partition coefficient (Wildman–Crippen LogP) is 1.69. The van der Waals surface area contributed by atoms with Crippen molar-refractivity contribution in [1.82, 2.24) is 4.90 Å². The number of carbonyl (C=O) groups excluding carboxylic acids is 1. The maximum Gasteiger partial charge on any atom is 0.246 e. The first-order valence-corrected chi connectivity index (χ1v) is 7.04. The van der Waals surface area contributed by atoms with E-state index in [0.717, 1.165) is 25.8 Å². The Balaban J connectivity index is 1.96. The second-order valence-electron chi connectivity index (χ2n) is 4.42. The molecule has 0 N–H and O–H groups in total. The highest BCUT2D eigenvalue weighted by Crippen LogP contribution is 2.34. The zero-order valence-electron chi connectivity index (χ0n) is 9.61. The van der Waals surface area contributed by atoms with E-state index in [1.165, 1.54) is 17.6 Å². The minimum atomic E-state index is 0.0332. The van der Waals surface area contributed by atoms with E-state index < -0.39 is 0 Å². The van der Waals surface area contributed by atoms with Crippen LogP contribution in [0.25, 0.3) is 0 Å². The van der Waals surface area contributed by atoms with Crippen LogP contribution in [0.2, 0.25) is 0 Å². The van der Waals surface area contributed by atoms with E-state index in [0.29, 0.717) is 13.2 Å². The summed E-state index contributed by atoms with van der Waals surface area (Å²) in [6, 6.07) is 0. The van der Waals surface area contributed by atoms with Crippen LogP contribution in [-0.2, 0) is 9.53 Å². The molecule has 2 rings (SSSR count). The van der Waals surface area contributed by atoms with Crippen molar-refractivity contribution in [3.05, 3.63) is 12.7 Å². The molecule has 0 aromatic heterocycles. The van der Waals surface area contributed by atoms with E-state index in [1.807, 2.05) is 16.7 Å². The fourth-order valence-electron chi connectivity index (χ4n) is 2.38. The van der Waals surface area contributed by atoms with Crippen LogP contribution in [0.4, 0.5) is 0 Å². The minimum absolute atomic E-state index is 0.0332. The van der Waals surface area contributed by atoms with Gasteiger partial charge in [-0.25, -0.2) is 0 Å². The molecule has 2 heterocycles. The summed E-state index contributed by atoms with van der Waals surface area (Å²) in [5.41, 5.74) is 0.0570. The van der Waals surface area contributed by atoms with Crippen molar-refractivity contribution in [1.29, 1.82) is 0 Å². The van der Waals surface area contributed by atoms with Crippen molar-refractivity contribution < 1.29 is 9.53 Å². The Bertz CT molecular complexity index is 274. The Morgan fingerprint density at radius 2 is 2.06 bits per heavy atom. The van der Waals surface area contributed by atoms with Gasteiger partial charge in [-0.3, -0.25) is 4.79 Å². The summed E-state index contributed by atoms with van der Waals surface area (Å²) in [5, 5.41) is 0. The smallest absolute Gasteiger partial charge is 0.246 e. The van der Waals surface area contributed by atoms with Crippen LogP contribution >= 0.6 is 11.8 Å². The third-order valence-electron chi connectivity index (χ3n) is 3.50. The van der Waals surface area contributed by atoms with Gasteiger partial charge in [-0.05, 0) is 36.8 Å². The third-order valence-corrected chi connectivity index (χ3v) is 4.48. The lowest BCUT2D eigenvalue weighted by Gasteiger charge is -2.35. The topological polar surface area (TPSA) is 29.5 Å². The van der Waals surface area contributed by atoms with Gasteiger partial charge in [-0.15, -0.1) is 0 Å². The van der Waals surface area contributed by atoms with Crippen molar-refractivity contribution in [2.24, 2.45) is 0 Å². The highest BCUT2D eigenvalue weighted by molar-refractivity contribution is 7.99. The van der Waals surface area contributed by atoms with Gasteiger partial charge in [-0.1, -0.05) is 6.58 Å². The Hall–Kier alpha value is -0.480. The molecule has 2 fully saturated rings. The first kappa shape index (κ1) is 12.0. The van der Waals surface area contributed by atoms with Gasteiger partial charge in [0.1, 0.15) is 0 Å². The number of hydrogen-bond donors (Lipinski definition) is 0. The van der Waals surface area contributed by atoms with E-state index >= 15 is 0 Å². The number of ether oxygens (including phenoxy) is 1. The first-order valence-electron chi connectivity index (χ1n) is 5.89. The molecule has 2 aliphatic heterocycles. The van der Waals surface area contributed by atoms with Gasteiger partial charge in [-0.2, -0.15) is 11.8 Å². The molecule has 16 heavy (non-hydrogen) atoms. The van der Waals surface area contributed by atoms with Gasteiger partial charge in [0.15, 0.2) is 0 Å². The van der Waals surface area contributed by atoms with E-state index in [4.69, 9.17) is 4.74 Å². The fourth-order valence-corrected chi connectivity index (χ4v) is 3.62. The average Bonchev–Trinajstić information content (AvgIpc) is 2.52. The van der Waals surface area contributed by atoms with Gasteiger partial charge >= 0.3 is 0 Å². The Labute approximate surface area is 101 Å². The van der Waals surface area contributed by atoms with Crippen LogP contribution in [0, 0.1) is 0 Å². The number of thioether (sulfide) groups is 1. The Morgan fingerprint density at radius 3 is 2.75 bits per heavy atom. The van der Waals surface area contributed by atoms with E-state index in [1.54, 1.807) is 0 Å². The number of amides is 1. The first-order chi connectivity index (χ1) is 7.76. The van der Waals surface area contributed by atoms with Crippen LogP contribution in [-0.4, -0.2) is 47.6 Å². The van der Waals surface area contributed by atoms with Crippen LogP contribution < -0.4 is 0 Å². The Kier molecular flexibility index (Phi) is 3.92. The molecule has 0 aliphatic carbocycles. The maximum atomic E-state index is 11.5. The van der Waals surface area contributed by atoms with Crippen molar-refractivity contribution in [2.75, 3.05) is 31.2 Å². The van der Waals surface area contributed by atoms with E-state index in [9.17, 15) is 4.79 Å². The molecule has 2 saturated heterocycles. The Morgan fingerprint density at radius 1 is 1.31 bits per heavy atom. The molecule has 0 radical (unpaired) electrons. The lowest BCUT2D eigenvalue weighted by molar-refractivity contribution is -0.126. The van der Waals surface area contributed by atoms with Crippen molar-refractivity contribution in [3.63, 3.8) is 0 Å². The molecule has 1 amide bonds. The summed E-state index contributed by atoms with van der Waals surface area (Å²) >= 11 is 2.00. The quantitative estimate of drug-likeness (QED) is 0.654. The fraction of sp³-hybridized carbons (Fsp3) is 0.750. The number of nitrogens with zero attached hydrogens (tertiary/aromatic N) is 1. The number of rotatable bonds is 1. The molecule has 0 aromatic carbocycles. The molecule has 1 spiro atoms. The van der Waals surface area contributed by atoms with Gasteiger partial charge in [0, 0.05) is 13.1 Å². The normalized spacial score (nSPS) is 25.1. The van der Waals surface area contributed by atoms with Gasteiger partial charge in [0.25, 0.3) is 0 Å². The molecular weight excluding hydrogens is 222 g/mol. The van der Waals surface area contributed by atoms with E-state index in [2.05, 4.69) is 6.58 Å². The summed E-state index contributed by atoms with van der Waals surface area (Å²) < 4.78 is 6.01. The number of carbonyl (C=O) groups is 1. The second kappa shape index (κ2) is 5.23. The van der Waals surface area contributed by atoms with Gasteiger partial charge in [0.05, 0.1) is 12.2 Å². The summed E-state index contributed by atoms with van der Waals surface area (Å²) in [5.74, 6) is 2.41. The zero-order chi connectivity index (χ0) is 11.4. The zero-order valence-corrected chi connectivity index (χ0v) is 10.4. The summed E-state index contributed by atoms with van der Waals surface area (Å²) in [7, 11) is 0. The SMILES string of the molecule is C=CC(=O)N1CCOC2(CCSCC2)CC1. The summed E-state index contributed by atoms with van der Waals surface area (Å²) in [6.07, 6.45) is 4.64. The van der Waals surface area contributed by atoms with Crippen molar-refractivity contribution in [3.8, 4) is 0 Å². The molecule has 0 aromatic rings. The molecule has 0 saturated carbocycles. The number of hydrogen-bond acceptors (Lipinski definition) is 3. The average molecular weight is 241 g/mol. The van der Waals surface area contributed by atoms with Gasteiger partial charge in [0.2, 0.25) is 5.91 Å². The molecule has 0 atom stereocenters. The van der Waals surface area contributed by atoms with Crippen LogP contribution in [0.3, 0.4) is 0 Å². The molecule has 0 unspecified atom stereocenters. The molecule has 4 heteroatoms. The molecule has 2 aliphatic rings.